The minimum absolute atomic E-state index is 0.666. The maximum absolute atomic E-state index is 11.1. The molecule has 1 saturated heterocycles. The average Bonchev–Trinajstić information content (AvgIpc) is 2.53. The second kappa shape index (κ2) is 5.00. The Bertz CT molecular complexity index is 203. The van der Waals surface area contributed by atoms with Crippen LogP contribution in [0.15, 0.2) is 0 Å². The van der Waals surface area contributed by atoms with E-state index in [0.29, 0.717) is 5.75 Å². The van der Waals surface area contributed by atoms with E-state index in [-0.39, 0.29) is 0 Å². The summed E-state index contributed by atoms with van der Waals surface area (Å²) in [5.74, 6) is 0.929. The highest BCUT2D eigenvalue weighted by Crippen LogP contribution is 2.27. The highest BCUT2D eigenvalue weighted by molar-refractivity contribution is 7.99. The second-order valence-corrected chi connectivity index (χ2v) is 5.03. The first-order chi connectivity index (χ1) is 6.57. The molecule has 2 N–H and O–H groups in total. The van der Waals surface area contributed by atoms with E-state index < -0.39 is 11.5 Å². The van der Waals surface area contributed by atoms with Crippen LogP contribution in [0.1, 0.15) is 6.42 Å². The van der Waals surface area contributed by atoms with Crippen molar-refractivity contribution in [3.05, 3.63) is 0 Å². The molecule has 1 atom stereocenters. The van der Waals surface area contributed by atoms with Crippen molar-refractivity contribution in [2.24, 2.45) is 0 Å². The SMILES string of the molecule is CN(C)CCNC1(C(=O)O)CCSC1. The number of hydrogen-bond donors (Lipinski definition) is 2. The molecule has 0 spiro atoms. The maximum Gasteiger partial charge on any atom is 0.324 e. The van der Waals surface area contributed by atoms with Gasteiger partial charge in [-0.15, -0.1) is 0 Å². The van der Waals surface area contributed by atoms with Crippen LogP contribution in [0.2, 0.25) is 0 Å². The van der Waals surface area contributed by atoms with Gasteiger partial charge >= 0.3 is 5.97 Å². The molecule has 4 nitrogen and oxygen atoms in total. The maximum atomic E-state index is 11.1. The minimum atomic E-state index is -0.707. The quantitative estimate of drug-likeness (QED) is 0.685. The summed E-state index contributed by atoms with van der Waals surface area (Å²) in [6, 6.07) is 0. The van der Waals surface area contributed by atoms with Gasteiger partial charge in [0.1, 0.15) is 5.54 Å². The average molecular weight is 218 g/mol. The summed E-state index contributed by atoms with van der Waals surface area (Å²) in [4.78, 5) is 13.2. The molecular formula is C9H18N2O2S. The molecule has 14 heavy (non-hydrogen) atoms. The molecule has 1 aliphatic heterocycles. The lowest BCUT2D eigenvalue weighted by Crippen LogP contribution is -2.53. The molecule has 1 heterocycles. The van der Waals surface area contributed by atoms with E-state index in [1.807, 2.05) is 19.0 Å². The second-order valence-electron chi connectivity index (χ2n) is 3.92. The van der Waals surface area contributed by atoms with Gasteiger partial charge in [0, 0.05) is 18.8 Å². The van der Waals surface area contributed by atoms with E-state index in [1.165, 1.54) is 0 Å². The molecule has 1 aliphatic rings. The van der Waals surface area contributed by atoms with E-state index >= 15 is 0 Å². The van der Waals surface area contributed by atoms with Crippen molar-refractivity contribution in [1.29, 1.82) is 0 Å². The molecule has 82 valence electrons. The number of hydrogen-bond acceptors (Lipinski definition) is 4. The lowest BCUT2D eigenvalue weighted by molar-refractivity contribution is -0.143. The van der Waals surface area contributed by atoms with Crippen molar-refractivity contribution in [3.8, 4) is 0 Å². The summed E-state index contributed by atoms with van der Waals surface area (Å²) >= 11 is 1.71. The van der Waals surface area contributed by atoms with Crippen LogP contribution in [0.4, 0.5) is 0 Å². The number of nitrogens with one attached hydrogen (secondary N) is 1. The minimum Gasteiger partial charge on any atom is -0.480 e. The third-order valence-corrected chi connectivity index (χ3v) is 3.64. The Hall–Kier alpha value is -0.260. The zero-order chi connectivity index (χ0) is 10.6. The van der Waals surface area contributed by atoms with E-state index in [1.54, 1.807) is 11.8 Å². The van der Waals surface area contributed by atoms with Crippen LogP contribution in [0.5, 0.6) is 0 Å². The largest absolute Gasteiger partial charge is 0.480 e. The molecule has 0 aromatic rings. The normalized spacial score (nSPS) is 27.1. The number of nitrogens with zero attached hydrogens (tertiary/aromatic N) is 1. The van der Waals surface area contributed by atoms with Gasteiger partial charge in [-0.25, -0.2) is 0 Å². The van der Waals surface area contributed by atoms with Crippen LogP contribution in [0.25, 0.3) is 0 Å². The lowest BCUT2D eigenvalue weighted by Gasteiger charge is -2.25. The van der Waals surface area contributed by atoms with E-state index in [4.69, 9.17) is 5.11 Å². The Balaban J connectivity index is 2.40. The van der Waals surface area contributed by atoms with Crippen LogP contribution in [-0.4, -0.2) is 60.2 Å². The molecule has 1 unspecified atom stereocenters. The summed E-state index contributed by atoms with van der Waals surface area (Å²) in [5, 5.41) is 12.3. The zero-order valence-corrected chi connectivity index (χ0v) is 9.56. The molecular weight excluding hydrogens is 200 g/mol. The van der Waals surface area contributed by atoms with Crippen molar-refractivity contribution in [1.82, 2.24) is 10.2 Å². The van der Waals surface area contributed by atoms with Gasteiger partial charge in [-0.05, 0) is 26.3 Å². The van der Waals surface area contributed by atoms with E-state index in [2.05, 4.69) is 5.32 Å². The van der Waals surface area contributed by atoms with Gasteiger partial charge in [0.15, 0.2) is 0 Å². The Kier molecular flexibility index (Phi) is 4.22. The fourth-order valence-electron chi connectivity index (χ4n) is 1.47. The number of rotatable bonds is 5. The van der Waals surface area contributed by atoms with Gasteiger partial charge < -0.3 is 10.0 Å². The van der Waals surface area contributed by atoms with Gasteiger partial charge in [-0.1, -0.05) is 0 Å². The number of thioether (sulfide) groups is 1. The molecule has 1 rings (SSSR count). The van der Waals surface area contributed by atoms with Crippen molar-refractivity contribution < 1.29 is 9.90 Å². The van der Waals surface area contributed by atoms with Gasteiger partial charge in [0.2, 0.25) is 0 Å². The van der Waals surface area contributed by atoms with Crippen LogP contribution >= 0.6 is 11.8 Å². The van der Waals surface area contributed by atoms with Gasteiger partial charge in [-0.2, -0.15) is 11.8 Å². The smallest absolute Gasteiger partial charge is 0.324 e. The number of carbonyl (C=O) groups is 1. The summed E-state index contributed by atoms with van der Waals surface area (Å²) < 4.78 is 0. The Morgan fingerprint density at radius 1 is 1.64 bits per heavy atom. The first-order valence-corrected chi connectivity index (χ1v) is 5.93. The summed E-state index contributed by atoms with van der Waals surface area (Å²) in [6.45, 7) is 1.61. The first-order valence-electron chi connectivity index (χ1n) is 4.78. The Morgan fingerprint density at radius 3 is 2.79 bits per heavy atom. The highest BCUT2D eigenvalue weighted by Gasteiger charge is 2.41. The van der Waals surface area contributed by atoms with Gasteiger partial charge in [0.25, 0.3) is 0 Å². The topological polar surface area (TPSA) is 52.6 Å². The molecule has 0 aliphatic carbocycles. The van der Waals surface area contributed by atoms with Crippen molar-refractivity contribution in [2.75, 3.05) is 38.7 Å². The van der Waals surface area contributed by atoms with Crippen LogP contribution in [0, 0.1) is 0 Å². The van der Waals surface area contributed by atoms with Crippen LogP contribution in [-0.2, 0) is 4.79 Å². The fourth-order valence-corrected chi connectivity index (χ4v) is 2.82. The summed E-state index contributed by atoms with van der Waals surface area (Å²) in [6.07, 6.45) is 0.737. The number of carboxylic acids is 1. The highest BCUT2D eigenvalue weighted by atomic mass is 32.2. The third kappa shape index (κ3) is 2.87. The van der Waals surface area contributed by atoms with Crippen LogP contribution < -0.4 is 5.32 Å². The zero-order valence-electron chi connectivity index (χ0n) is 8.75. The molecule has 1 fully saturated rings. The fraction of sp³-hybridized carbons (Fsp3) is 0.889. The molecule has 0 aromatic heterocycles. The molecule has 0 saturated carbocycles. The van der Waals surface area contributed by atoms with Gasteiger partial charge in [0.05, 0.1) is 0 Å². The Labute approximate surface area is 89.0 Å². The number of carboxylic acid groups (broad SMARTS) is 1. The van der Waals surface area contributed by atoms with Crippen LogP contribution in [0.3, 0.4) is 0 Å². The van der Waals surface area contributed by atoms with E-state index in [9.17, 15) is 4.79 Å². The van der Waals surface area contributed by atoms with Crippen molar-refractivity contribution >= 4 is 17.7 Å². The number of likely N-dealkylation sites (N-methyl/N-ethyl adjacent to an activating group) is 1. The third-order valence-electron chi connectivity index (χ3n) is 2.45. The first kappa shape index (κ1) is 11.8. The predicted molar refractivity (Wildman–Crippen MR) is 58.9 cm³/mol. The summed E-state index contributed by atoms with van der Waals surface area (Å²) in [7, 11) is 3.97. The monoisotopic (exact) mass is 218 g/mol. The molecule has 0 aromatic carbocycles. The molecule has 0 bridgehead atoms. The summed E-state index contributed by atoms with van der Waals surface area (Å²) in [5.41, 5.74) is -0.666. The molecule has 0 amide bonds. The lowest BCUT2D eigenvalue weighted by atomic mass is 9.99. The van der Waals surface area contributed by atoms with Gasteiger partial charge in [-0.3, -0.25) is 10.1 Å². The van der Waals surface area contributed by atoms with Crippen molar-refractivity contribution in [2.45, 2.75) is 12.0 Å². The standard InChI is InChI=1S/C9H18N2O2S/c1-11(2)5-4-10-9(8(12)13)3-6-14-7-9/h10H,3-7H2,1-2H3,(H,12,13). The van der Waals surface area contributed by atoms with E-state index in [0.717, 1.165) is 25.3 Å². The number of aliphatic carboxylic acids is 1. The molecule has 5 heteroatoms. The molecule has 0 radical (unpaired) electrons. The Morgan fingerprint density at radius 2 is 2.36 bits per heavy atom. The predicted octanol–water partition coefficient (Wildman–Crippen LogP) is 0.0979. The van der Waals surface area contributed by atoms with Crippen molar-refractivity contribution in [3.63, 3.8) is 0 Å².